The fourth-order valence-electron chi connectivity index (χ4n) is 2.69. The quantitative estimate of drug-likeness (QED) is 0.862. The fourth-order valence-corrected chi connectivity index (χ4v) is 2.91. The predicted molar refractivity (Wildman–Crippen MR) is 95.1 cm³/mol. The fraction of sp³-hybridized carbons (Fsp3) is 0.389. The van der Waals surface area contributed by atoms with Gasteiger partial charge in [0.25, 0.3) is 0 Å². The van der Waals surface area contributed by atoms with Gasteiger partial charge < -0.3 is 5.32 Å². The second-order valence-corrected chi connectivity index (χ2v) is 6.22. The van der Waals surface area contributed by atoms with Gasteiger partial charge >= 0.3 is 0 Å². The number of anilines is 1. The molecule has 0 bridgehead atoms. The molecule has 0 saturated carbocycles. The highest BCUT2D eigenvalue weighted by molar-refractivity contribution is 6.30. The highest BCUT2D eigenvalue weighted by atomic mass is 35.5. The van der Waals surface area contributed by atoms with Crippen LogP contribution in [0.5, 0.6) is 0 Å². The van der Waals surface area contributed by atoms with E-state index < -0.39 is 0 Å². The average molecular weight is 345 g/mol. The zero-order valence-corrected chi connectivity index (χ0v) is 14.9. The Morgan fingerprint density at radius 3 is 2.79 bits per heavy atom. The van der Waals surface area contributed by atoms with Gasteiger partial charge in [0.15, 0.2) is 0 Å². The van der Waals surface area contributed by atoms with E-state index in [-0.39, 0.29) is 5.91 Å². The first-order chi connectivity index (χ1) is 11.4. The van der Waals surface area contributed by atoms with Crippen LogP contribution in [0.3, 0.4) is 0 Å². The summed E-state index contributed by atoms with van der Waals surface area (Å²) >= 11 is 5.93. The third-order valence-electron chi connectivity index (χ3n) is 4.03. The van der Waals surface area contributed by atoms with Gasteiger partial charge in [-0.3, -0.25) is 9.48 Å². The molecule has 1 aromatic carbocycles. The van der Waals surface area contributed by atoms with Crippen LogP contribution in [0.15, 0.2) is 18.2 Å². The number of carbonyl (C=O) groups is 1. The van der Waals surface area contributed by atoms with Crippen molar-refractivity contribution in [2.45, 2.75) is 46.6 Å². The minimum Gasteiger partial charge on any atom is -0.326 e. The Balaban J connectivity index is 1.99. The molecule has 24 heavy (non-hydrogen) atoms. The van der Waals surface area contributed by atoms with Crippen LogP contribution in [-0.4, -0.2) is 15.7 Å². The first-order valence-corrected chi connectivity index (χ1v) is 8.26. The van der Waals surface area contributed by atoms with Gasteiger partial charge in [0, 0.05) is 22.8 Å². The molecule has 1 amide bonds. The van der Waals surface area contributed by atoms with Gasteiger partial charge in [0.05, 0.1) is 24.7 Å². The third-order valence-corrected chi connectivity index (χ3v) is 4.27. The summed E-state index contributed by atoms with van der Waals surface area (Å²) in [6, 6.07) is 7.52. The maximum absolute atomic E-state index is 12.2. The average Bonchev–Trinajstić information content (AvgIpc) is 2.80. The molecule has 0 radical (unpaired) electrons. The molecule has 5 nitrogen and oxygen atoms in total. The summed E-state index contributed by atoms with van der Waals surface area (Å²) in [5, 5.41) is 16.7. The maximum Gasteiger partial charge on any atom is 0.224 e. The first kappa shape index (κ1) is 18.0. The largest absolute Gasteiger partial charge is 0.326 e. The van der Waals surface area contributed by atoms with Crippen molar-refractivity contribution >= 4 is 23.2 Å². The van der Waals surface area contributed by atoms with Gasteiger partial charge in [-0.1, -0.05) is 11.6 Å². The lowest BCUT2D eigenvalue weighted by Crippen LogP contribution is -2.13. The lowest BCUT2D eigenvalue weighted by molar-refractivity contribution is -0.116. The number of amides is 1. The number of hydrogen-bond acceptors (Lipinski definition) is 3. The van der Waals surface area contributed by atoms with Crippen molar-refractivity contribution in [3.63, 3.8) is 0 Å². The van der Waals surface area contributed by atoms with Gasteiger partial charge in [-0.15, -0.1) is 0 Å². The monoisotopic (exact) mass is 344 g/mol. The molecule has 0 aliphatic rings. The van der Waals surface area contributed by atoms with Gasteiger partial charge in [-0.2, -0.15) is 10.4 Å². The Bertz CT molecular complexity index is 789. The zero-order chi connectivity index (χ0) is 17.7. The standard InChI is InChI=1S/C18H21ClN4O/c1-12-11-15(19)5-7-17(12)21-18(24)8-6-16-13(2)22-23(14(16)3)10-4-9-20/h5,7,11H,4,6,8,10H2,1-3H3,(H,21,24). The van der Waals surface area contributed by atoms with Gasteiger partial charge in [-0.05, 0) is 56.5 Å². The molecular formula is C18H21ClN4O. The van der Waals surface area contributed by atoms with Crippen LogP contribution >= 0.6 is 11.6 Å². The molecule has 2 aromatic rings. The molecule has 0 atom stereocenters. The third kappa shape index (κ3) is 4.36. The van der Waals surface area contributed by atoms with Crippen molar-refractivity contribution in [3.8, 4) is 6.07 Å². The highest BCUT2D eigenvalue weighted by Gasteiger charge is 2.13. The summed E-state index contributed by atoms with van der Waals surface area (Å²) in [4.78, 5) is 12.2. The minimum absolute atomic E-state index is 0.0380. The lowest BCUT2D eigenvalue weighted by atomic mass is 10.1. The second kappa shape index (κ2) is 7.98. The van der Waals surface area contributed by atoms with Crippen molar-refractivity contribution in [1.29, 1.82) is 5.26 Å². The number of hydrogen-bond donors (Lipinski definition) is 1. The highest BCUT2D eigenvalue weighted by Crippen LogP contribution is 2.20. The van der Waals surface area contributed by atoms with Crippen LogP contribution in [0, 0.1) is 32.1 Å². The van der Waals surface area contributed by atoms with Crippen LogP contribution in [0.1, 0.15) is 35.4 Å². The predicted octanol–water partition coefficient (Wildman–Crippen LogP) is 3.95. The van der Waals surface area contributed by atoms with Crippen LogP contribution in [0.2, 0.25) is 5.02 Å². The van der Waals surface area contributed by atoms with Gasteiger partial charge in [0.1, 0.15) is 0 Å². The molecule has 1 aromatic heterocycles. The summed E-state index contributed by atoms with van der Waals surface area (Å²) in [6.07, 6.45) is 1.44. The van der Waals surface area contributed by atoms with E-state index in [1.54, 1.807) is 6.07 Å². The number of nitrogens with one attached hydrogen (secondary N) is 1. The lowest BCUT2D eigenvalue weighted by Gasteiger charge is -2.09. The number of rotatable bonds is 6. The SMILES string of the molecule is Cc1cc(Cl)ccc1NC(=O)CCc1c(C)nn(CCC#N)c1C. The number of nitrogens with zero attached hydrogens (tertiary/aromatic N) is 3. The molecule has 6 heteroatoms. The van der Waals surface area contributed by atoms with Gasteiger partial charge in [-0.25, -0.2) is 0 Å². The van der Waals surface area contributed by atoms with Crippen LogP contribution in [0.4, 0.5) is 5.69 Å². The summed E-state index contributed by atoms with van der Waals surface area (Å²) in [5.74, 6) is -0.0380. The number of benzene rings is 1. The normalized spacial score (nSPS) is 10.5. The molecule has 0 fully saturated rings. The Morgan fingerprint density at radius 2 is 2.12 bits per heavy atom. The Hall–Kier alpha value is -2.32. The topological polar surface area (TPSA) is 70.7 Å². The molecule has 0 aliphatic heterocycles. The first-order valence-electron chi connectivity index (χ1n) is 7.88. The van der Waals surface area contributed by atoms with E-state index in [0.717, 1.165) is 28.2 Å². The van der Waals surface area contributed by atoms with Gasteiger partial charge in [0.2, 0.25) is 5.91 Å². The van der Waals surface area contributed by atoms with E-state index in [9.17, 15) is 4.79 Å². The smallest absolute Gasteiger partial charge is 0.224 e. The molecule has 1 N–H and O–H groups in total. The van der Waals surface area contributed by atoms with E-state index in [1.165, 1.54) is 0 Å². The summed E-state index contributed by atoms with van der Waals surface area (Å²) < 4.78 is 1.84. The number of nitriles is 1. The van der Waals surface area contributed by atoms with E-state index in [2.05, 4.69) is 16.5 Å². The molecule has 126 valence electrons. The van der Waals surface area contributed by atoms with E-state index in [0.29, 0.717) is 30.8 Å². The molecule has 0 spiro atoms. The van der Waals surface area contributed by atoms with E-state index >= 15 is 0 Å². The van der Waals surface area contributed by atoms with Crippen molar-refractivity contribution in [1.82, 2.24) is 9.78 Å². The van der Waals surface area contributed by atoms with Crippen molar-refractivity contribution in [2.24, 2.45) is 0 Å². The number of carbonyl (C=O) groups excluding carboxylic acids is 1. The zero-order valence-electron chi connectivity index (χ0n) is 14.2. The summed E-state index contributed by atoms with van der Waals surface area (Å²) in [6.45, 7) is 6.41. The minimum atomic E-state index is -0.0380. The Morgan fingerprint density at radius 1 is 1.38 bits per heavy atom. The Kier molecular flexibility index (Phi) is 5.99. The number of aromatic nitrogens is 2. The van der Waals surface area contributed by atoms with Crippen LogP contribution in [-0.2, 0) is 17.8 Å². The molecule has 1 heterocycles. The molecular weight excluding hydrogens is 324 g/mol. The Labute approximate surface area is 147 Å². The maximum atomic E-state index is 12.2. The molecule has 0 aliphatic carbocycles. The molecule has 2 rings (SSSR count). The van der Waals surface area contributed by atoms with Crippen molar-refractivity contribution < 1.29 is 4.79 Å². The van der Waals surface area contributed by atoms with Crippen molar-refractivity contribution in [3.05, 3.63) is 45.7 Å². The van der Waals surface area contributed by atoms with Crippen LogP contribution in [0.25, 0.3) is 0 Å². The molecule has 0 saturated heterocycles. The summed E-state index contributed by atoms with van der Waals surface area (Å²) in [7, 11) is 0. The van der Waals surface area contributed by atoms with Crippen molar-refractivity contribution in [2.75, 3.05) is 5.32 Å². The molecule has 0 unspecified atom stereocenters. The number of halogens is 1. The second-order valence-electron chi connectivity index (χ2n) is 5.79. The summed E-state index contributed by atoms with van der Waals surface area (Å²) in [5.41, 5.74) is 4.74. The van der Waals surface area contributed by atoms with E-state index in [4.69, 9.17) is 16.9 Å². The number of aryl methyl sites for hydroxylation is 3. The van der Waals surface area contributed by atoms with E-state index in [1.807, 2.05) is 37.6 Å². The van der Waals surface area contributed by atoms with Crippen LogP contribution < -0.4 is 5.32 Å².